The number of hydrogen-bond acceptors (Lipinski definition) is 5. The van der Waals surface area contributed by atoms with Crippen molar-refractivity contribution in [2.45, 2.75) is 19.5 Å². The smallest absolute Gasteiger partial charge is 0.387 e. The molecule has 0 unspecified atom stereocenters. The third-order valence-corrected chi connectivity index (χ3v) is 3.52. The third kappa shape index (κ3) is 4.44. The molecule has 2 rings (SSSR count). The number of rotatable bonds is 7. The van der Waals surface area contributed by atoms with Crippen LogP contribution in [0.5, 0.6) is 5.75 Å². The van der Waals surface area contributed by atoms with E-state index in [1.54, 1.807) is 0 Å². The number of halogens is 2. The lowest BCUT2D eigenvalue weighted by Gasteiger charge is -2.07. The van der Waals surface area contributed by atoms with E-state index in [1.807, 2.05) is 0 Å². The summed E-state index contributed by atoms with van der Waals surface area (Å²) < 4.78 is 33.4. The monoisotopic (exact) mass is 305 g/mol. The molecule has 5 nitrogen and oxygen atoms in total. The highest BCUT2D eigenvalue weighted by atomic mass is 32.1. The number of hydrogen-bond donors (Lipinski definition) is 1. The Morgan fingerprint density at radius 3 is 2.85 bits per heavy atom. The Bertz CT molecular complexity index is 488. The molecule has 1 aliphatic rings. The van der Waals surface area contributed by atoms with Crippen molar-refractivity contribution >= 4 is 23.2 Å². The second-order valence-corrected chi connectivity index (χ2v) is 5.22. The average Bonchev–Trinajstić information content (AvgIpc) is 3.12. The first-order valence-electron chi connectivity index (χ1n) is 6.02. The first kappa shape index (κ1) is 14.7. The van der Waals surface area contributed by atoms with E-state index in [1.165, 1.54) is 11.4 Å². The molecule has 110 valence electrons. The molecular formula is C12H13F2NO4S. The van der Waals surface area contributed by atoms with Gasteiger partial charge in [0, 0.05) is 0 Å². The van der Waals surface area contributed by atoms with Crippen LogP contribution in [0.3, 0.4) is 0 Å². The zero-order valence-electron chi connectivity index (χ0n) is 10.4. The number of thiophene rings is 1. The molecule has 1 fully saturated rings. The normalized spacial score (nSPS) is 14.2. The molecule has 0 atom stereocenters. The molecule has 1 heterocycles. The second-order valence-electron chi connectivity index (χ2n) is 4.30. The fourth-order valence-corrected chi connectivity index (χ4v) is 2.17. The van der Waals surface area contributed by atoms with E-state index in [0.717, 1.165) is 24.2 Å². The van der Waals surface area contributed by atoms with Gasteiger partial charge in [0.25, 0.3) is 5.91 Å². The molecule has 0 spiro atoms. The quantitative estimate of drug-likeness (QED) is 0.783. The van der Waals surface area contributed by atoms with Gasteiger partial charge in [-0.3, -0.25) is 9.59 Å². The highest BCUT2D eigenvalue weighted by molar-refractivity contribution is 7.12. The Kier molecular flexibility index (Phi) is 4.89. The maximum atomic E-state index is 12.1. The molecule has 1 N–H and O–H groups in total. The molecule has 0 bridgehead atoms. The van der Waals surface area contributed by atoms with Gasteiger partial charge in [-0.2, -0.15) is 8.78 Å². The van der Waals surface area contributed by atoms with Crippen LogP contribution in [0.15, 0.2) is 11.4 Å². The molecule has 0 saturated heterocycles. The lowest BCUT2D eigenvalue weighted by Crippen LogP contribution is -2.30. The molecule has 1 aromatic heterocycles. The summed E-state index contributed by atoms with van der Waals surface area (Å²) in [6.07, 6.45) is 2.12. The fraction of sp³-hybridized carbons (Fsp3) is 0.500. The van der Waals surface area contributed by atoms with E-state index < -0.39 is 18.5 Å². The van der Waals surface area contributed by atoms with Crippen molar-refractivity contribution in [1.82, 2.24) is 5.32 Å². The minimum atomic E-state index is -3.00. The van der Waals surface area contributed by atoms with Gasteiger partial charge < -0.3 is 14.8 Å². The van der Waals surface area contributed by atoms with Gasteiger partial charge in [-0.1, -0.05) is 0 Å². The zero-order chi connectivity index (χ0) is 14.5. The van der Waals surface area contributed by atoms with Gasteiger partial charge in [0.1, 0.15) is 17.2 Å². The highest BCUT2D eigenvalue weighted by Crippen LogP contribution is 2.28. The van der Waals surface area contributed by atoms with Gasteiger partial charge in [-0.25, -0.2) is 0 Å². The maximum absolute atomic E-state index is 12.1. The van der Waals surface area contributed by atoms with Crippen molar-refractivity contribution in [3.8, 4) is 5.75 Å². The molecule has 1 aliphatic carbocycles. The SMILES string of the molecule is O=C(CNC(=O)c1sccc1OC(F)F)OCC1CC1. The molecule has 8 heteroatoms. The summed E-state index contributed by atoms with van der Waals surface area (Å²) in [5.41, 5.74) is 0. The van der Waals surface area contributed by atoms with Crippen LogP contribution in [-0.2, 0) is 9.53 Å². The number of esters is 1. The van der Waals surface area contributed by atoms with Gasteiger partial charge in [0.2, 0.25) is 0 Å². The van der Waals surface area contributed by atoms with Crippen molar-refractivity contribution in [3.63, 3.8) is 0 Å². The van der Waals surface area contributed by atoms with Crippen molar-refractivity contribution in [2.75, 3.05) is 13.2 Å². The van der Waals surface area contributed by atoms with Crippen LogP contribution in [0.1, 0.15) is 22.5 Å². The van der Waals surface area contributed by atoms with Crippen LogP contribution < -0.4 is 10.1 Å². The number of nitrogens with one attached hydrogen (secondary N) is 1. The molecule has 0 aliphatic heterocycles. The fourth-order valence-electron chi connectivity index (χ4n) is 1.43. The summed E-state index contributed by atoms with van der Waals surface area (Å²) in [6.45, 7) is -2.93. The van der Waals surface area contributed by atoms with Crippen molar-refractivity contribution in [2.24, 2.45) is 5.92 Å². The molecule has 0 radical (unpaired) electrons. The van der Waals surface area contributed by atoms with Crippen molar-refractivity contribution < 1.29 is 27.8 Å². The van der Waals surface area contributed by atoms with E-state index in [0.29, 0.717) is 12.5 Å². The molecule has 1 amide bonds. The number of carbonyl (C=O) groups is 2. The van der Waals surface area contributed by atoms with Crippen LogP contribution in [0.2, 0.25) is 0 Å². The predicted octanol–water partition coefficient (Wildman–Crippen LogP) is 2.03. The predicted molar refractivity (Wildman–Crippen MR) is 67.0 cm³/mol. The molecule has 1 saturated carbocycles. The second kappa shape index (κ2) is 6.65. The van der Waals surface area contributed by atoms with Crippen LogP contribution in [-0.4, -0.2) is 31.6 Å². The van der Waals surface area contributed by atoms with E-state index in [2.05, 4.69) is 10.1 Å². The highest BCUT2D eigenvalue weighted by Gasteiger charge is 2.23. The number of carbonyl (C=O) groups excluding carboxylic acids is 2. The molecule has 20 heavy (non-hydrogen) atoms. The van der Waals surface area contributed by atoms with E-state index in [9.17, 15) is 18.4 Å². The summed E-state index contributed by atoms with van der Waals surface area (Å²) in [7, 11) is 0. The van der Waals surface area contributed by atoms with Crippen LogP contribution >= 0.6 is 11.3 Å². The number of ether oxygens (including phenoxy) is 2. The molecular weight excluding hydrogens is 292 g/mol. The Morgan fingerprint density at radius 1 is 1.45 bits per heavy atom. The van der Waals surface area contributed by atoms with Crippen LogP contribution in [0.4, 0.5) is 8.78 Å². The van der Waals surface area contributed by atoms with Crippen molar-refractivity contribution in [1.29, 1.82) is 0 Å². The first-order valence-corrected chi connectivity index (χ1v) is 6.90. The summed E-state index contributed by atoms with van der Waals surface area (Å²) >= 11 is 0.957. The third-order valence-electron chi connectivity index (χ3n) is 2.62. The summed E-state index contributed by atoms with van der Waals surface area (Å²) in [5.74, 6) is -0.941. The van der Waals surface area contributed by atoms with E-state index in [-0.39, 0.29) is 17.2 Å². The summed E-state index contributed by atoms with van der Waals surface area (Å²) in [4.78, 5) is 23.1. The standard InChI is InChI=1S/C12H13F2NO4S/c13-12(14)19-8-3-4-20-10(8)11(17)15-5-9(16)18-6-7-1-2-7/h3-4,7,12H,1-2,5-6H2,(H,15,17). The van der Waals surface area contributed by atoms with Gasteiger partial charge >= 0.3 is 12.6 Å². The zero-order valence-corrected chi connectivity index (χ0v) is 11.3. The van der Waals surface area contributed by atoms with Gasteiger partial charge in [0.15, 0.2) is 0 Å². The Labute approximate surface area is 117 Å². The van der Waals surface area contributed by atoms with Gasteiger partial charge in [-0.15, -0.1) is 11.3 Å². The first-order chi connectivity index (χ1) is 9.56. The van der Waals surface area contributed by atoms with Crippen LogP contribution in [0, 0.1) is 5.92 Å². The molecule has 1 aromatic rings. The van der Waals surface area contributed by atoms with E-state index >= 15 is 0 Å². The van der Waals surface area contributed by atoms with Gasteiger partial charge in [0.05, 0.1) is 6.61 Å². The number of alkyl halides is 2. The van der Waals surface area contributed by atoms with Gasteiger partial charge in [-0.05, 0) is 30.2 Å². The van der Waals surface area contributed by atoms with Crippen molar-refractivity contribution in [3.05, 3.63) is 16.3 Å². The lowest BCUT2D eigenvalue weighted by atomic mass is 10.4. The Balaban J connectivity index is 1.78. The Morgan fingerprint density at radius 2 is 2.20 bits per heavy atom. The lowest BCUT2D eigenvalue weighted by molar-refractivity contribution is -0.142. The molecule has 0 aromatic carbocycles. The topological polar surface area (TPSA) is 64.6 Å². The van der Waals surface area contributed by atoms with E-state index in [4.69, 9.17) is 4.74 Å². The largest absolute Gasteiger partial charge is 0.464 e. The maximum Gasteiger partial charge on any atom is 0.387 e. The summed E-state index contributed by atoms with van der Waals surface area (Å²) in [6, 6.07) is 1.27. The van der Waals surface area contributed by atoms with Crippen LogP contribution in [0.25, 0.3) is 0 Å². The minimum absolute atomic E-state index is 0.000271. The summed E-state index contributed by atoms with van der Waals surface area (Å²) in [5, 5.41) is 3.77. The Hall–Kier alpha value is -1.70. The minimum Gasteiger partial charge on any atom is -0.464 e. The average molecular weight is 305 g/mol. The number of amides is 1.